The number of hydrogen-bond acceptors (Lipinski definition) is 3. The summed E-state index contributed by atoms with van der Waals surface area (Å²) in [6.07, 6.45) is 7.10. The molecule has 21 heavy (non-hydrogen) atoms. The Labute approximate surface area is 126 Å². The Morgan fingerprint density at radius 2 is 2.29 bits per heavy atom. The second-order valence-electron chi connectivity index (χ2n) is 6.56. The molecular formula is C17H25N3O. The third-order valence-electron chi connectivity index (χ3n) is 5.17. The van der Waals surface area contributed by atoms with Crippen LogP contribution in [0.15, 0.2) is 18.3 Å². The Bertz CT molecular complexity index is 517. The Kier molecular flexibility index (Phi) is 4.13. The van der Waals surface area contributed by atoms with Gasteiger partial charge in [0.25, 0.3) is 5.91 Å². The van der Waals surface area contributed by atoms with Crippen molar-refractivity contribution < 1.29 is 4.79 Å². The average molecular weight is 287 g/mol. The minimum atomic E-state index is -0.0509. The zero-order chi connectivity index (χ0) is 14.8. The van der Waals surface area contributed by atoms with Crippen LogP contribution in [0.4, 0.5) is 5.69 Å². The molecular weight excluding hydrogens is 262 g/mol. The van der Waals surface area contributed by atoms with Crippen molar-refractivity contribution in [1.82, 2.24) is 10.3 Å². The summed E-state index contributed by atoms with van der Waals surface area (Å²) >= 11 is 0. The molecule has 4 atom stereocenters. The normalized spacial score (nSPS) is 28.4. The van der Waals surface area contributed by atoms with Gasteiger partial charge in [0, 0.05) is 24.5 Å². The molecule has 2 fully saturated rings. The van der Waals surface area contributed by atoms with E-state index in [1.165, 1.54) is 25.7 Å². The molecule has 0 radical (unpaired) electrons. The molecule has 2 bridgehead atoms. The zero-order valence-corrected chi connectivity index (χ0v) is 12.9. The molecule has 2 aliphatic carbocycles. The summed E-state index contributed by atoms with van der Waals surface area (Å²) in [4.78, 5) is 16.6. The van der Waals surface area contributed by atoms with Crippen molar-refractivity contribution in [3.05, 3.63) is 24.0 Å². The van der Waals surface area contributed by atoms with E-state index in [1.54, 1.807) is 6.20 Å². The van der Waals surface area contributed by atoms with Crippen LogP contribution in [0.5, 0.6) is 0 Å². The minimum Gasteiger partial charge on any atom is -0.385 e. The minimum absolute atomic E-state index is 0.0509. The number of pyridine rings is 1. The molecule has 1 aromatic heterocycles. The summed E-state index contributed by atoms with van der Waals surface area (Å²) in [5, 5.41) is 6.38. The number of nitrogens with zero attached hydrogens (tertiary/aromatic N) is 1. The van der Waals surface area contributed by atoms with E-state index in [2.05, 4.69) is 22.5 Å². The highest BCUT2D eigenvalue weighted by atomic mass is 16.1. The number of amides is 1. The highest BCUT2D eigenvalue weighted by molar-refractivity contribution is 5.93. The summed E-state index contributed by atoms with van der Waals surface area (Å²) in [6, 6.07) is 3.96. The number of rotatable bonds is 5. The first-order chi connectivity index (χ1) is 10.2. The first kappa shape index (κ1) is 14.4. The highest BCUT2D eigenvalue weighted by Gasteiger charge is 2.42. The number of fused-ring (bicyclic) bond motifs is 2. The van der Waals surface area contributed by atoms with Gasteiger partial charge in [-0.3, -0.25) is 9.78 Å². The zero-order valence-electron chi connectivity index (χ0n) is 12.9. The molecule has 2 N–H and O–H groups in total. The van der Waals surface area contributed by atoms with E-state index >= 15 is 0 Å². The van der Waals surface area contributed by atoms with Crippen LogP contribution in [0.3, 0.4) is 0 Å². The number of anilines is 1. The van der Waals surface area contributed by atoms with Crippen LogP contribution >= 0.6 is 0 Å². The predicted octanol–water partition coefficient (Wildman–Crippen LogP) is 3.07. The van der Waals surface area contributed by atoms with Gasteiger partial charge < -0.3 is 10.6 Å². The van der Waals surface area contributed by atoms with E-state index in [1.807, 2.05) is 19.1 Å². The molecule has 2 saturated carbocycles. The van der Waals surface area contributed by atoms with Crippen molar-refractivity contribution in [3.8, 4) is 0 Å². The monoisotopic (exact) mass is 287 g/mol. The van der Waals surface area contributed by atoms with Crippen molar-refractivity contribution >= 4 is 11.6 Å². The second-order valence-corrected chi connectivity index (χ2v) is 6.56. The second kappa shape index (κ2) is 6.04. The average Bonchev–Trinajstić information content (AvgIpc) is 3.10. The van der Waals surface area contributed by atoms with Gasteiger partial charge in [-0.05, 0) is 63.0 Å². The lowest BCUT2D eigenvalue weighted by molar-refractivity contribution is 0.0910. The van der Waals surface area contributed by atoms with Crippen LogP contribution in [-0.4, -0.2) is 23.5 Å². The maximum absolute atomic E-state index is 12.4. The van der Waals surface area contributed by atoms with Gasteiger partial charge in [-0.25, -0.2) is 0 Å². The van der Waals surface area contributed by atoms with Crippen molar-refractivity contribution in [2.75, 3.05) is 11.9 Å². The third kappa shape index (κ3) is 3.04. The van der Waals surface area contributed by atoms with E-state index in [4.69, 9.17) is 0 Å². The van der Waals surface area contributed by atoms with E-state index in [9.17, 15) is 4.79 Å². The lowest BCUT2D eigenvalue weighted by atomic mass is 9.84. The van der Waals surface area contributed by atoms with E-state index in [-0.39, 0.29) is 11.9 Å². The van der Waals surface area contributed by atoms with Gasteiger partial charge in [-0.2, -0.15) is 0 Å². The molecule has 114 valence electrons. The van der Waals surface area contributed by atoms with Gasteiger partial charge >= 0.3 is 0 Å². The third-order valence-corrected chi connectivity index (χ3v) is 5.17. The van der Waals surface area contributed by atoms with Crippen LogP contribution in [0.25, 0.3) is 0 Å². The van der Waals surface area contributed by atoms with Gasteiger partial charge in [-0.1, -0.05) is 6.42 Å². The molecule has 4 nitrogen and oxygen atoms in total. The lowest BCUT2D eigenvalue weighted by Crippen LogP contribution is -2.40. The fourth-order valence-electron chi connectivity index (χ4n) is 4.16. The number of aromatic nitrogens is 1. The molecule has 0 aliphatic heterocycles. The quantitative estimate of drug-likeness (QED) is 0.875. The van der Waals surface area contributed by atoms with Crippen LogP contribution in [0.2, 0.25) is 0 Å². The van der Waals surface area contributed by atoms with Gasteiger partial charge in [0.2, 0.25) is 0 Å². The van der Waals surface area contributed by atoms with Crippen LogP contribution in [-0.2, 0) is 0 Å². The van der Waals surface area contributed by atoms with Gasteiger partial charge in [0.1, 0.15) is 5.69 Å². The van der Waals surface area contributed by atoms with E-state index in [0.717, 1.165) is 24.1 Å². The molecule has 0 saturated heterocycles. The fourth-order valence-corrected chi connectivity index (χ4v) is 4.16. The molecule has 1 heterocycles. The van der Waals surface area contributed by atoms with Gasteiger partial charge in [0.15, 0.2) is 0 Å². The topological polar surface area (TPSA) is 54.0 Å². The Morgan fingerprint density at radius 3 is 2.95 bits per heavy atom. The summed E-state index contributed by atoms with van der Waals surface area (Å²) in [5.41, 5.74) is 1.45. The smallest absolute Gasteiger partial charge is 0.270 e. The Hall–Kier alpha value is -1.58. The molecule has 4 heteroatoms. The number of hydrogen-bond donors (Lipinski definition) is 2. The summed E-state index contributed by atoms with van der Waals surface area (Å²) in [5.74, 6) is 2.34. The summed E-state index contributed by atoms with van der Waals surface area (Å²) < 4.78 is 0. The standard InChI is InChI=1S/C17H25N3O/c1-3-18-14-6-7-19-16(10-14)17(21)20-11(2)15-9-12-4-5-13(15)8-12/h6-7,10-13,15H,3-5,8-9H2,1-2H3,(H,18,19)(H,20,21). The maximum Gasteiger partial charge on any atom is 0.270 e. The van der Waals surface area contributed by atoms with E-state index in [0.29, 0.717) is 11.6 Å². The molecule has 1 aromatic rings. The van der Waals surface area contributed by atoms with Gasteiger partial charge in [0.05, 0.1) is 0 Å². The van der Waals surface area contributed by atoms with E-state index < -0.39 is 0 Å². The number of carbonyl (C=O) groups is 1. The van der Waals surface area contributed by atoms with Crippen LogP contribution in [0.1, 0.15) is 50.0 Å². The van der Waals surface area contributed by atoms with Crippen LogP contribution < -0.4 is 10.6 Å². The SMILES string of the molecule is CCNc1ccnc(C(=O)NC(C)C2CC3CCC2C3)c1. The summed E-state index contributed by atoms with van der Waals surface area (Å²) in [6.45, 7) is 5.03. The number of carbonyl (C=O) groups excluding carboxylic acids is 1. The molecule has 2 aliphatic rings. The largest absolute Gasteiger partial charge is 0.385 e. The Balaban J connectivity index is 1.61. The summed E-state index contributed by atoms with van der Waals surface area (Å²) in [7, 11) is 0. The molecule has 1 amide bonds. The van der Waals surface area contributed by atoms with Crippen molar-refractivity contribution in [3.63, 3.8) is 0 Å². The molecule has 4 unspecified atom stereocenters. The lowest BCUT2D eigenvalue weighted by Gasteiger charge is -2.28. The first-order valence-corrected chi connectivity index (χ1v) is 8.18. The van der Waals surface area contributed by atoms with Crippen molar-refractivity contribution in [1.29, 1.82) is 0 Å². The first-order valence-electron chi connectivity index (χ1n) is 8.18. The fraction of sp³-hybridized carbons (Fsp3) is 0.647. The maximum atomic E-state index is 12.4. The predicted molar refractivity (Wildman–Crippen MR) is 84.3 cm³/mol. The van der Waals surface area contributed by atoms with Gasteiger partial charge in [-0.15, -0.1) is 0 Å². The highest BCUT2D eigenvalue weighted by Crippen LogP contribution is 2.49. The van der Waals surface area contributed by atoms with Crippen molar-refractivity contribution in [2.45, 2.75) is 45.6 Å². The molecule has 0 aromatic carbocycles. The number of nitrogens with one attached hydrogen (secondary N) is 2. The molecule has 0 spiro atoms. The molecule has 3 rings (SSSR count). The van der Waals surface area contributed by atoms with Crippen molar-refractivity contribution in [2.24, 2.45) is 17.8 Å². The van der Waals surface area contributed by atoms with Crippen LogP contribution in [0, 0.1) is 17.8 Å². The Morgan fingerprint density at radius 1 is 1.43 bits per heavy atom.